The molecule has 0 aliphatic carbocycles. The van der Waals surface area contributed by atoms with Crippen LogP contribution in [0.15, 0.2) is 6.20 Å². The molecule has 0 atom stereocenters. The summed E-state index contributed by atoms with van der Waals surface area (Å²) in [5, 5.41) is 14.6. The van der Waals surface area contributed by atoms with Crippen LogP contribution in [0.4, 0.5) is 5.69 Å². The van der Waals surface area contributed by atoms with Gasteiger partial charge in [-0.05, 0) is 12.8 Å². The lowest BCUT2D eigenvalue weighted by molar-refractivity contribution is -0.386. The summed E-state index contributed by atoms with van der Waals surface area (Å²) in [6.07, 6.45) is 2.79. The molecule has 0 saturated carbocycles. The lowest BCUT2D eigenvalue weighted by Crippen LogP contribution is -2.44. The summed E-state index contributed by atoms with van der Waals surface area (Å²) >= 11 is 0. The number of nitrogens with two attached hydrogens (primary N) is 1. The quantitative estimate of drug-likeness (QED) is 0.597. The third-order valence-electron chi connectivity index (χ3n) is 2.88. The van der Waals surface area contributed by atoms with Crippen LogP contribution in [-0.2, 0) is 7.05 Å². The average molecular weight is 242 g/mol. The van der Waals surface area contributed by atoms with Gasteiger partial charge in [0, 0.05) is 12.6 Å². The van der Waals surface area contributed by atoms with Gasteiger partial charge in [-0.25, -0.2) is 0 Å². The van der Waals surface area contributed by atoms with Crippen LogP contribution >= 0.6 is 0 Å². The minimum Gasteiger partial charge on any atom is -0.470 e. The molecule has 0 radical (unpaired) electrons. The number of aromatic nitrogens is 2. The molecule has 1 aromatic heterocycles. The van der Waals surface area contributed by atoms with Crippen LogP contribution in [0.5, 0.6) is 5.88 Å². The first-order valence-electron chi connectivity index (χ1n) is 5.51. The van der Waals surface area contributed by atoms with Crippen LogP contribution in [0.3, 0.4) is 0 Å². The van der Waals surface area contributed by atoms with Crippen molar-refractivity contribution in [2.24, 2.45) is 12.8 Å². The van der Waals surface area contributed by atoms with Crippen molar-refractivity contribution < 1.29 is 9.66 Å². The van der Waals surface area contributed by atoms with Gasteiger partial charge in [0.2, 0.25) is 0 Å². The van der Waals surface area contributed by atoms with Gasteiger partial charge in [-0.15, -0.1) is 5.10 Å². The van der Waals surface area contributed by atoms with Crippen molar-refractivity contribution in [3.63, 3.8) is 0 Å². The molecule has 0 fully saturated rings. The van der Waals surface area contributed by atoms with Crippen molar-refractivity contribution in [2.45, 2.75) is 32.2 Å². The first-order chi connectivity index (χ1) is 7.91. The Morgan fingerprint density at radius 2 is 2.18 bits per heavy atom. The molecule has 7 heteroatoms. The molecular formula is C10H18N4O3. The van der Waals surface area contributed by atoms with Gasteiger partial charge in [0.25, 0.3) is 0 Å². The molecule has 0 unspecified atom stereocenters. The van der Waals surface area contributed by atoms with E-state index in [2.05, 4.69) is 5.10 Å². The Morgan fingerprint density at radius 1 is 1.59 bits per heavy atom. The molecule has 1 heterocycles. The Morgan fingerprint density at radius 3 is 2.65 bits per heavy atom. The molecular weight excluding hydrogens is 224 g/mol. The molecule has 17 heavy (non-hydrogen) atoms. The van der Waals surface area contributed by atoms with Crippen LogP contribution in [-0.4, -0.2) is 26.8 Å². The highest BCUT2D eigenvalue weighted by Gasteiger charge is 2.25. The molecule has 0 aliphatic heterocycles. The summed E-state index contributed by atoms with van der Waals surface area (Å²) in [5.41, 5.74) is 5.44. The summed E-state index contributed by atoms with van der Waals surface area (Å²) in [6.45, 7) is 4.14. The van der Waals surface area contributed by atoms with E-state index in [0.29, 0.717) is 0 Å². The van der Waals surface area contributed by atoms with Crippen molar-refractivity contribution in [1.82, 2.24) is 9.78 Å². The highest BCUT2D eigenvalue weighted by Crippen LogP contribution is 2.25. The lowest BCUT2D eigenvalue weighted by atomic mass is 9.96. The molecule has 96 valence electrons. The largest absolute Gasteiger partial charge is 0.470 e. The van der Waals surface area contributed by atoms with Gasteiger partial charge in [-0.1, -0.05) is 13.8 Å². The fourth-order valence-corrected chi connectivity index (χ4v) is 1.35. The third kappa shape index (κ3) is 3.16. The zero-order valence-corrected chi connectivity index (χ0v) is 10.3. The summed E-state index contributed by atoms with van der Waals surface area (Å²) in [7, 11) is 1.61. The van der Waals surface area contributed by atoms with Crippen LogP contribution in [0.25, 0.3) is 0 Å². The number of hydrogen-bond acceptors (Lipinski definition) is 5. The summed E-state index contributed by atoms with van der Waals surface area (Å²) in [5.74, 6) is 0.0224. The van der Waals surface area contributed by atoms with Crippen molar-refractivity contribution >= 4 is 5.69 Å². The number of nitro groups is 1. The highest BCUT2D eigenvalue weighted by molar-refractivity contribution is 5.38. The fourth-order valence-electron chi connectivity index (χ4n) is 1.35. The van der Waals surface area contributed by atoms with Crippen molar-refractivity contribution in [3.05, 3.63) is 16.3 Å². The van der Waals surface area contributed by atoms with Crippen LogP contribution in [0.2, 0.25) is 0 Å². The second-order valence-electron chi connectivity index (χ2n) is 4.11. The molecule has 0 amide bonds. The van der Waals surface area contributed by atoms with E-state index in [0.717, 1.165) is 12.8 Å². The minimum atomic E-state index is -0.515. The number of nitrogens with zero attached hydrogens (tertiary/aromatic N) is 3. The van der Waals surface area contributed by atoms with E-state index in [4.69, 9.17) is 10.5 Å². The van der Waals surface area contributed by atoms with Gasteiger partial charge in [0.1, 0.15) is 12.8 Å². The van der Waals surface area contributed by atoms with Gasteiger partial charge in [-0.2, -0.15) is 0 Å². The maximum atomic E-state index is 10.7. The van der Waals surface area contributed by atoms with E-state index in [-0.39, 0.29) is 18.2 Å². The second kappa shape index (κ2) is 5.13. The Bertz CT molecular complexity index is 398. The molecule has 7 nitrogen and oxygen atoms in total. The average Bonchev–Trinajstić information content (AvgIpc) is 2.68. The molecule has 0 aromatic carbocycles. The molecule has 0 spiro atoms. The van der Waals surface area contributed by atoms with E-state index in [1.165, 1.54) is 10.9 Å². The molecule has 0 saturated heterocycles. The van der Waals surface area contributed by atoms with Crippen molar-refractivity contribution in [1.29, 1.82) is 0 Å². The van der Waals surface area contributed by atoms with E-state index in [1.54, 1.807) is 7.05 Å². The van der Waals surface area contributed by atoms with E-state index < -0.39 is 10.5 Å². The summed E-state index contributed by atoms with van der Waals surface area (Å²) in [4.78, 5) is 10.2. The molecule has 0 bridgehead atoms. The Balaban J connectivity index is 2.78. The normalized spacial score (nSPS) is 11.5. The van der Waals surface area contributed by atoms with Gasteiger partial charge >= 0.3 is 11.6 Å². The fraction of sp³-hybridized carbons (Fsp3) is 0.700. The topological polar surface area (TPSA) is 96.2 Å². The predicted octanol–water partition coefficient (Wildman–Crippen LogP) is 1.22. The Kier molecular flexibility index (Phi) is 4.06. The van der Waals surface area contributed by atoms with E-state index >= 15 is 0 Å². The van der Waals surface area contributed by atoms with Gasteiger partial charge in [0.15, 0.2) is 0 Å². The maximum absolute atomic E-state index is 10.7. The SMILES string of the molecule is CCC(N)(CC)COc1nn(C)cc1[N+](=O)[O-]. The number of rotatable bonds is 6. The Labute approximate surface area is 99.7 Å². The highest BCUT2D eigenvalue weighted by atomic mass is 16.6. The zero-order chi connectivity index (χ0) is 13.1. The number of ether oxygens (including phenoxy) is 1. The number of aryl methyl sites for hydroxylation is 1. The second-order valence-corrected chi connectivity index (χ2v) is 4.11. The van der Waals surface area contributed by atoms with E-state index in [9.17, 15) is 10.1 Å². The molecule has 2 N–H and O–H groups in total. The van der Waals surface area contributed by atoms with Crippen molar-refractivity contribution in [2.75, 3.05) is 6.61 Å². The first-order valence-corrected chi connectivity index (χ1v) is 5.51. The van der Waals surface area contributed by atoms with Gasteiger partial charge in [0.05, 0.1) is 4.92 Å². The number of hydrogen-bond donors (Lipinski definition) is 1. The Hall–Kier alpha value is -1.63. The molecule has 1 rings (SSSR count). The third-order valence-corrected chi connectivity index (χ3v) is 2.88. The molecule has 1 aromatic rings. The summed E-state index contributed by atoms with van der Waals surface area (Å²) in [6, 6.07) is 0. The van der Waals surface area contributed by atoms with Crippen LogP contribution in [0, 0.1) is 10.1 Å². The van der Waals surface area contributed by atoms with Gasteiger partial charge < -0.3 is 10.5 Å². The predicted molar refractivity (Wildman–Crippen MR) is 62.9 cm³/mol. The zero-order valence-electron chi connectivity index (χ0n) is 10.3. The lowest BCUT2D eigenvalue weighted by Gasteiger charge is -2.25. The van der Waals surface area contributed by atoms with Crippen LogP contribution < -0.4 is 10.5 Å². The smallest absolute Gasteiger partial charge is 0.350 e. The summed E-state index contributed by atoms with van der Waals surface area (Å²) < 4.78 is 6.72. The van der Waals surface area contributed by atoms with Crippen LogP contribution in [0.1, 0.15) is 26.7 Å². The monoisotopic (exact) mass is 242 g/mol. The first kappa shape index (κ1) is 13.4. The molecule has 0 aliphatic rings. The van der Waals surface area contributed by atoms with Crippen molar-refractivity contribution in [3.8, 4) is 5.88 Å². The standard InChI is InChI=1S/C10H18N4O3/c1-4-10(11,5-2)7-17-9-8(14(15)16)6-13(3)12-9/h6H,4-5,7,11H2,1-3H3. The minimum absolute atomic E-state index is 0.0224. The van der Waals surface area contributed by atoms with Gasteiger partial charge in [-0.3, -0.25) is 14.8 Å². The van der Waals surface area contributed by atoms with E-state index in [1.807, 2.05) is 13.8 Å². The maximum Gasteiger partial charge on any atom is 0.350 e.